The summed E-state index contributed by atoms with van der Waals surface area (Å²) >= 11 is 10.3. The summed E-state index contributed by atoms with van der Waals surface area (Å²) < 4.78 is 4.95. The third-order valence-corrected chi connectivity index (χ3v) is 4.77. The summed E-state index contributed by atoms with van der Waals surface area (Å²) in [5.41, 5.74) is 3.40. The predicted molar refractivity (Wildman–Crippen MR) is 112 cm³/mol. The van der Waals surface area contributed by atoms with Crippen LogP contribution in [-0.4, -0.2) is 30.3 Å². The van der Waals surface area contributed by atoms with Crippen LogP contribution in [0, 0.1) is 6.92 Å². The summed E-state index contributed by atoms with van der Waals surface area (Å²) in [5.74, 6) is -0.590. The topological polar surface area (TPSA) is 67.4 Å². The molecule has 1 atom stereocenters. The summed E-state index contributed by atoms with van der Waals surface area (Å²) in [6.45, 7) is 3.90. The first-order valence-corrected chi connectivity index (χ1v) is 9.64. The molecule has 5 nitrogen and oxygen atoms in total. The number of hydrogen-bond donors (Lipinski definition) is 3. The number of thiol groups is 1. The van der Waals surface area contributed by atoms with Crippen molar-refractivity contribution in [1.29, 1.82) is 0 Å². The number of nitrogens with one attached hydrogen (secondary N) is 2. The predicted octanol–water partition coefficient (Wildman–Crippen LogP) is 3.91. The van der Waals surface area contributed by atoms with Gasteiger partial charge in [0.25, 0.3) is 0 Å². The summed E-state index contributed by atoms with van der Waals surface area (Å²) in [5, 5.41) is 6.67. The van der Waals surface area contributed by atoms with Crippen molar-refractivity contribution in [2.75, 3.05) is 17.7 Å². The van der Waals surface area contributed by atoms with E-state index in [4.69, 9.17) is 16.3 Å². The number of rotatable bonds is 8. The Bertz CT molecular complexity index is 814. The molecule has 0 saturated carbocycles. The Labute approximate surface area is 169 Å². The number of anilines is 2. The largest absolute Gasteiger partial charge is 0.464 e. The van der Waals surface area contributed by atoms with Crippen LogP contribution in [-0.2, 0) is 20.7 Å². The minimum Gasteiger partial charge on any atom is -0.464 e. The van der Waals surface area contributed by atoms with Crippen molar-refractivity contribution in [3.05, 3.63) is 58.6 Å². The number of hydrogen-bond acceptors (Lipinski definition) is 5. The molecule has 7 heteroatoms. The van der Waals surface area contributed by atoms with Crippen molar-refractivity contribution in [3.8, 4) is 0 Å². The average molecular weight is 407 g/mol. The molecule has 0 unspecified atom stereocenters. The molecule has 2 rings (SSSR count). The quantitative estimate of drug-likeness (QED) is 0.459. The molecule has 27 heavy (non-hydrogen) atoms. The molecule has 0 aliphatic heterocycles. The molecule has 0 radical (unpaired) electrons. The lowest BCUT2D eigenvalue weighted by molar-refractivity contribution is -0.146. The standard InChI is InChI=1S/C20H23ClN2O3S/c1-3-26-20(25)18(12-27)23-19(24)11-14-7-4-5-9-17(14)22-16-10-6-8-15(21)13(16)2/h4-10,18,22,27H,3,11-12H2,1-2H3,(H,23,24)/t18-/m0/s1. The maximum absolute atomic E-state index is 12.4. The molecule has 2 N–H and O–H groups in total. The molecule has 144 valence electrons. The number of halogens is 1. The van der Waals surface area contributed by atoms with Gasteiger partial charge in [-0.3, -0.25) is 4.79 Å². The van der Waals surface area contributed by atoms with E-state index in [1.165, 1.54) is 0 Å². The zero-order valence-electron chi connectivity index (χ0n) is 15.3. The minimum absolute atomic E-state index is 0.118. The Hall–Kier alpha value is -2.18. The van der Waals surface area contributed by atoms with E-state index in [9.17, 15) is 9.59 Å². The van der Waals surface area contributed by atoms with Crippen molar-refractivity contribution in [2.45, 2.75) is 26.3 Å². The zero-order chi connectivity index (χ0) is 19.8. The molecule has 0 spiro atoms. The van der Waals surface area contributed by atoms with Gasteiger partial charge in [-0.2, -0.15) is 12.6 Å². The molecular formula is C20H23ClN2O3S. The molecule has 0 aliphatic rings. The Morgan fingerprint density at radius 1 is 1.15 bits per heavy atom. The maximum atomic E-state index is 12.4. The van der Waals surface area contributed by atoms with Crippen LogP contribution in [0.1, 0.15) is 18.1 Å². The fourth-order valence-corrected chi connectivity index (χ4v) is 2.94. The lowest BCUT2D eigenvalue weighted by atomic mass is 10.1. The second-order valence-electron chi connectivity index (χ2n) is 5.93. The molecule has 2 aromatic carbocycles. The number of ether oxygens (including phenoxy) is 1. The van der Waals surface area contributed by atoms with Crippen LogP contribution >= 0.6 is 24.2 Å². The number of carbonyl (C=O) groups excluding carboxylic acids is 2. The van der Waals surface area contributed by atoms with Crippen LogP contribution in [0.4, 0.5) is 11.4 Å². The third kappa shape index (κ3) is 5.91. The fourth-order valence-electron chi connectivity index (χ4n) is 2.52. The Morgan fingerprint density at radius 2 is 1.85 bits per heavy atom. The lowest BCUT2D eigenvalue weighted by Crippen LogP contribution is -2.43. The molecular weight excluding hydrogens is 384 g/mol. The molecule has 0 saturated heterocycles. The van der Waals surface area contributed by atoms with E-state index in [0.717, 1.165) is 22.5 Å². The summed E-state index contributed by atoms with van der Waals surface area (Å²) in [7, 11) is 0. The van der Waals surface area contributed by atoms with Crippen LogP contribution in [0.25, 0.3) is 0 Å². The van der Waals surface area contributed by atoms with Gasteiger partial charge in [-0.1, -0.05) is 35.9 Å². The van der Waals surface area contributed by atoms with E-state index < -0.39 is 12.0 Å². The molecule has 0 bridgehead atoms. The van der Waals surface area contributed by atoms with Crippen LogP contribution in [0.2, 0.25) is 5.02 Å². The highest BCUT2D eigenvalue weighted by atomic mass is 35.5. The highest BCUT2D eigenvalue weighted by Crippen LogP contribution is 2.28. The second-order valence-corrected chi connectivity index (χ2v) is 6.70. The van der Waals surface area contributed by atoms with Gasteiger partial charge in [0.15, 0.2) is 0 Å². The highest BCUT2D eigenvalue weighted by Gasteiger charge is 2.21. The normalized spacial score (nSPS) is 11.6. The van der Waals surface area contributed by atoms with E-state index in [1.807, 2.05) is 49.4 Å². The Balaban J connectivity index is 2.12. The number of benzene rings is 2. The third-order valence-electron chi connectivity index (χ3n) is 3.99. The number of carbonyl (C=O) groups is 2. The molecule has 0 aromatic heterocycles. The first kappa shape index (κ1) is 21.1. The van der Waals surface area contributed by atoms with Gasteiger partial charge < -0.3 is 15.4 Å². The van der Waals surface area contributed by atoms with Crippen LogP contribution in [0.5, 0.6) is 0 Å². The first-order chi connectivity index (χ1) is 13.0. The molecule has 0 heterocycles. The Morgan fingerprint density at radius 3 is 2.56 bits per heavy atom. The van der Waals surface area contributed by atoms with Crippen LogP contribution in [0.15, 0.2) is 42.5 Å². The average Bonchev–Trinajstić information content (AvgIpc) is 2.65. The monoisotopic (exact) mass is 406 g/mol. The van der Waals surface area contributed by atoms with E-state index in [0.29, 0.717) is 5.02 Å². The SMILES string of the molecule is CCOC(=O)[C@H](CS)NC(=O)Cc1ccccc1Nc1cccc(Cl)c1C. The molecule has 0 aliphatic carbocycles. The van der Waals surface area contributed by atoms with Crippen LogP contribution < -0.4 is 10.6 Å². The summed E-state index contributed by atoms with van der Waals surface area (Å²) in [6.07, 6.45) is 0.118. The van der Waals surface area contributed by atoms with E-state index in [2.05, 4.69) is 23.3 Å². The van der Waals surface area contributed by atoms with E-state index >= 15 is 0 Å². The number of amides is 1. The van der Waals surface area contributed by atoms with Crippen molar-refractivity contribution < 1.29 is 14.3 Å². The maximum Gasteiger partial charge on any atom is 0.329 e. The summed E-state index contributed by atoms with van der Waals surface area (Å²) in [4.78, 5) is 24.2. The van der Waals surface area contributed by atoms with E-state index in [-0.39, 0.29) is 24.7 Å². The Kier molecular flexibility index (Phi) is 8.00. The first-order valence-electron chi connectivity index (χ1n) is 8.63. The van der Waals surface area contributed by atoms with Crippen LogP contribution in [0.3, 0.4) is 0 Å². The van der Waals surface area contributed by atoms with Crippen molar-refractivity contribution >= 4 is 47.5 Å². The number of para-hydroxylation sites is 1. The lowest BCUT2D eigenvalue weighted by Gasteiger charge is -2.17. The van der Waals surface area contributed by atoms with Gasteiger partial charge in [0.1, 0.15) is 6.04 Å². The van der Waals surface area contributed by atoms with Gasteiger partial charge in [0.05, 0.1) is 13.0 Å². The second kappa shape index (κ2) is 10.2. The van der Waals surface area contributed by atoms with Gasteiger partial charge >= 0.3 is 5.97 Å². The number of esters is 1. The van der Waals surface area contributed by atoms with Gasteiger partial charge in [-0.25, -0.2) is 4.79 Å². The zero-order valence-corrected chi connectivity index (χ0v) is 16.9. The highest BCUT2D eigenvalue weighted by molar-refractivity contribution is 7.80. The van der Waals surface area contributed by atoms with Gasteiger partial charge in [-0.05, 0) is 43.2 Å². The minimum atomic E-state index is -0.768. The fraction of sp³-hybridized carbons (Fsp3) is 0.300. The van der Waals surface area contributed by atoms with E-state index in [1.54, 1.807) is 6.92 Å². The molecule has 2 aromatic rings. The smallest absolute Gasteiger partial charge is 0.329 e. The molecule has 1 amide bonds. The van der Waals surface area contributed by atoms with Gasteiger partial charge in [0.2, 0.25) is 5.91 Å². The van der Waals surface area contributed by atoms with Crippen molar-refractivity contribution in [3.63, 3.8) is 0 Å². The van der Waals surface area contributed by atoms with Gasteiger partial charge in [0, 0.05) is 22.2 Å². The van der Waals surface area contributed by atoms with Crippen molar-refractivity contribution in [1.82, 2.24) is 5.32 Å². The summed E-state index contributed by atoms with van der Waals surface area (Å²) in [6, 6.07) is 12.4. The van der Waals surface area contributed by atoms with Crippen molar-refractivity contribution in [2.24, 2.45) is 0 Å². The van der Waals surface area contributed by atoms with Gasteiger partial charge in [-0.15, -0.1) is 0 Å². The molecule has 0 fully saturated rings.